The normalized spacial score (nSPS) is 17.5. The van der Waals surface area contributed by atoms with Gasteiger partial charge in [-0.3, -0.25) is 4.79 Å². The van der Waals surface area contributed by atoms with Crippen molar-refractivity contribution in [2.24, 2.45) is 5.92 Å². The van der Waals surface area contributed by atoms with Crippen molar-refractivity contribution in [2.75, 3.05) is 40.3 Å². The lowest BCUT2D eigenvalue weighted by molar-refractivity contribution is 0.0729. The van der Waals surface area contributed by atoms with Gasteiger partial charge in [0.15, 0.2) is 0 Å². The number of amides is 1. The smallest absolute Gasteiger partial charge is 0.255 e. The highest BCUT2D eigenvalue weighted by Crippen LogP contribution is 2.21. The minimum absolute atomic E-state index is 0.0102. The van der Waals surface area contributed by atoms with E-state index in [0.717, 1.165) is 44.8 Å². The lowest BCUT2D eigenvalue weighted by Gasteiger charge is -2.34. The largest absolute Gasteiger partial charge is 0.496 e. The summed E-state index contributed by atoms with van der Waals surface area (Å²) in [7, 11) is 3.59. The zero-order chi connectivity index (χ0) is 19.1. The lowest BCUT2D eigenvalue weighted by Crippen LogP contribution is -2.42. The molecule has 1 aliphatic heterocycles. The Balaban J connectivity index is 1.51. The molecule has 3 rings (SSSR count). The van der Waals surface area contributed by atoms with Gasteiger partial charge in [0.25, 0.3) is 5.91 Å². The molecule has 0 saturated carbocycles. The second-order valence-corrected chi connectivity index (χ2v) is 7.19. The van der Waals surface area contributed by atoms with Gasteiger partial charge >= 0.3 is 0 Å². The van der Waals surface area contributed by atoms with Crippen LogP contribution in [0, 0.1) is 5.92 Å². The number of benzene rings is 1. The Labute approximate surface area is 161 Å². The van der Waals surface area contributed by atoms with Crippen molar-refractivity contribution in [1.82, 2.24) is 20.0 Å². The van der Waals surface area contributed by atoms with Crippen LogP contribution < -0.4 is 4.74 Å². The van der Waals surface area contributed by atoms with E-state index in [9.17, 15) is 4.79 Å². The first-order valence-electron chi connectivity index (χ1n) is 9.53. The molecule has 2 heterocycles. The van der Waals surface area contributed by atoms with E-state index >= 15 is 0 Å². The molecule has 1 aromatic heterocycles. The molecular formula is C21H28N4O2. The van der Waals surface area contributed by atoms with Gasteiger partial charge in [-0.05, 0) is 49.4 Å². The molecule has 1 unspecified atom stereocenters. The van der Waals surface area contributed by atoms with Crippen LogP contribution in [0.5, 0.6) is 5.75 Å². The van der Waals surface area contributed by atoms with Gasteiger partial charge < -0.3 is 14.5 Å². The molecule has 144 valence electrons. The quantitative estimate of drug-likeness (QED) is 0.752. The first kappa shape index (κ1) is 19.3. The Hall–Kier alpha value is -2.47. The van der Waals surface area contributed by atoms with Gasteiger partial charge in [0, 0.05) is 26.7 Å². The van der Waals surface area contributed by atoms with E-state index in [-0.39, 0.29) is 5.91 Å². The third kappa shape index (κ3) is 5.26. The lowest BCUT2D eigenvalue weighted by atomic mass is 9.96. The molecule has 27 heavy (non-hydrogen) atoms. The minimum Gasteiger partial charge on any atom is -0.496 e. The number of hydrogen-bond acceptors (Lipinski definition) is 5. The van der Waals surface area contributed by atoms with E-state index in [0.29, 0.717) is 11.5 Å². The van der Waals surface area contributed by atoms with Crippen molar-refractivity contribution in [3.05, 3.63) is 53.9 Å². The molecule has 0 radical (unpaired) electrons. The molecule has 0 bridgehead atoms. The van der Waals surface area contributed by atoms with Crippen LogP contribution in [-0.2, 0) is 6.42 Å². The number of carbonyl (C=O) groups excluding carboxylic acids is 1. The fourth-order valence-electron chi connectivity index (χ4n) is 3.80. The summed E-state index contributed by atoms with van der Waals surface area (Å²) in [6, 6.07) is 9.93. The first-order chi connectivity index (χ1) is 13.2. The highest BCUT2D eigenvalue weighted by molar-refractivity contribution is 5.93. The van der Waals surface area contributed by atoms with Crippen LogP contribution in [-0.4, -0.2) is 66.2 Å². The van der Waals surface area contributed by atoms with E-state index in [1.165, 1.54) is 18.2 Å². The number of likely N-dealkylation sites (tertiary alicyclic amines) is 1. The number of methoxy groups -OCH3 is 1. The number of hydrogen-bond donors (Lipinski definition) is 0. The fraction of sp³-hybridized carbons (Fsp3) is 0.476. The summed E-state index contributed by atoms with van der Waals surface area (Å²) in [5, 5.41) is 7.53. The Morgan fingerprint density at radius 2 is 2.15 bits per heavy atom. The Morgan fingerprint density at radius 1 is 1.30 bits per heavy atom. The second-order valence-electron chi connectivity index (χ2n) is 7.19. The number of carbonyl (C=O) groups is 1. The molecule has 0 spiro atoms. The van der Waals surface area contributed by atoms with Gasteiger partial charge in [-0.15, -0.1) is 0 Å². The minimum atomic E-state index is 0.0102. The predicted molar refractivity (Wildman–Crippen MR) is 105 cm³/mol. The molecule has 6 nitrogen and oxygen atoms in total. The van der Waals surface area contributed by atoms with Crippen molar-refractivity contribution in [3.8, 4) is 5.75 Å². The SMILES string of the molecule is COc1ccccc1CCN1CCCC(CN(C)C(=O)c2ccnnc2)C1. The zero-order valence-corrected chi connectivity index (χ0v) is 16.2. The van der Waals surface area contributed by atoms with E-state index in [1.807, 2.05) is 24.1 Å². The first-order valence-corrected chi connectivity index (χ1v) is 9.53. The number of ether oxygens (including phenoxy) is 1. The Morgan fingerprint density at radius 3 is 2.93 bits per heavy atom. The third-order valence-corrected chi connectivity index (χ3v) is 5.20. The molecule has 1 saturated heterocycles. The number of para-hydroxylation sites is 1. The van der Waals surface area contributed by atoms with Gasteiger partial charge in [-0.2, -0.15) is 10.2 Å². The molecule has 2 aromatic rings. The maximum absolute atomic E-state index is 12.5. The summed E-state index contributed by atoms with van der Waals surface area (Å²) in [5.74, 6) is 1.47. The number of aromatic nitrogens is 2. The summed E-state index contributed by atoms with van der Waals surface area (Å²) < 4.78 is 5.46. The van der Waals surface area contributed by atoms with Crippen LogP contribution in [0.4, 0.5) is 0 Å². The summed E-state index contributed by atoms with van der Waals surface area (Å²) in [6.45, 7) is 3.94. The molecule has 1 fully saturated rings. The van der Waals surface area contributed by atoms with Crippen molar-refractivity contribution in [3.63, 3.8) is 0 Å². The third-order valence-electron chi connectivity index (χ3n) is 5.20. The maximum Gasteiger partial charge on any atom is 0.255 e. The van der Waals surface area contributed by atoms with Crippen LogP contribution in [0.1, 0.15) is 28.8 Å². The van der Waals surface area contributed by atoms with Crippen molar-refractivity contribution in [2.45, 2.75) is 19.3 Å². The Kier molecular flexibility index (Phi) is 6.76. The fourth-order valence-corrected chi connectivity index (χ4v) is 3.80. The molecule has 1 aliphatic rings. The van der Waals surface area contributed by atoms with Gasteiger partial charge in [-0.1, -0.05) is 18.2 Å². The van der Waals surface area contributed by atoms with Crippen molar-refractivity contribution in [1.29, 1.82) is 0 Å². The van der Waals surface area contributed by atoms with Crippen LogP contribution >= 0.6 is 0 Å². The summed E-state index contributed by atoms with van der Waals surface area (Å²) >= 11 is 0. The van der Waals surface area contributed by atoms with E-state index in [1.54, 1.807) is 19.4 Å². The van der Waals surface area contributed by atoms with Crippen LogP contribution in [0.15, 0.2) is 42.7 Å². The highest BCUT2D eigenvalue weighted by atomic mass is 16.5. The number of piperidine rings is 1. The standard InChI is InChI=1S/C21H28N4O2/c1-24(21(26)19-9-11-22-23-14-19)15-17-6-5-12-25(16-17)13-10-18-7-3-4-8-20(18)27-2/h3-4,7-9,11,14,17H,5-6,10,12-13,15-16H2,1-2H3. The average molecular weight is 368 g/mol. The predicted octanol–water partition coefficient (Wildman–Crippen LogP) is 2.51. The summed E-state index contributed by atoms with van der Waals surface area (Å²) in [4.78, 5) is 16.8. The maximum atomic E-state index is 12.5. The van der Waals surface area contributed by atoms with Crippen molar-refractivity contribution < 1.29 is 9.53 Å². The average Bonchev–Trinajstić information content (AvgIpc) is 2.72. The van der Waals surface area contributed by atoms with Gasteiger partial charge in [0.1, 0.15) is 5.75 Å². The molecule has 6 heteroatoms. The summed E-state index contributed by atoms with van der Waals surface area (Å²) in [5.41, 5.74) is 1.84. The van der Waals surface area contributed by atoms with E-state index < -0.39 is 0 Å². The molecule has 1 amide bonds. The van der Waals surface area contributed by atoms with E-state index in [4.69, 9.17) is 4.74 Å². The number of rotatable bonds is 7. The molecule has 1 aromatic carbocycles. The van der Waals surface area contributed by atoms with Gasteiger partial charge in [-0.25, -0.2) is 0 Å². The molecule has 1 atom stereocenters. The van der Waals surface area contributed by atoms with Gasteiger partial charge in [0.2, 0.25) is 0 Å². The topological polar surface area (TPSA) is 58.6 Å². The molecule has 0 N–H and O–H groups in total. The molecule has 0 aliphatic carbocycles. The monoisotopic (exact) mass is 368 g/mol. The summed E-state index contributed by atoms with van der Waals surface area (Å²) in [6.07, 6.45) is 6.40. The van der Waals surface area contributed by atoms with Crippen molar-refractivity contribution >= 4 is 5.91 Å². The second kappa shape index (κ2) is 9.46. The molecular weight excluding hydrogens is 340 g/mol. The highest BCUT2D eigenvalue weighted by Gasteiger charge is 2.23. The van der Waals surface area contributed by atoms with Crippen LogP contribution in [0.25, 0.3) is 0 Å². The van der Waals surface area contributed by atoms with Gasteiger partial charge in [0.05, 0.1) is 25.1 Å². The zero-order valence-electron chi connectivity index (χ0n) is 16.2. The van der Waals surface area contributed by atoms with Crippen LogP contribution in [0.2, 0.25) is 0 Å². The number of nitrogens with zero attached hydrogens (tertiary/aromatic N) is 4. The van der Waals surface area contributed by atoms with Crippen LogP contribution in [0.3, 0.4) is 0 Å². The Bertz CT molecular complexity index is 738. The van der Waals surface area contributed by atoms with E-state index in [2.05, 4.69) is 27.2 Å².